The highest BCUT2D eigenvalue weighted by Gasteiger charge is 2.46. The van der Waals surface area contributed by atoms with Gasteiger partial charge in [0.05, 0.1) is 0 Å². The molecule has 1 aromatic rings. The summed E-state index contributed by atoms with van der Waals surface area (Å²) in [6.45, 7) is 0. The number of rotatable bonds is 6. The monoisotopic (exact) mass is 368 g/mol. The van der Waals surface area contributed by atoms with Gasteiger partial charge in [-0.25, -0.2) is 0 Å². The Balaban J connectivity index is 2.10. The van der Waals surface area contributed by atoms with Crippen molar-refractivity contribution in [1.82, 2.24) is 0 Å². The minimum absolute atomic E-state index is 0.0621. The van der Waals surface area contributed by atoms with E-state index in [1.54, 1.807) is 24.3 Å². The summed E-state index contributed by atoms with van der Waals surface area (Å²) in [5.74, 6) is -2.29. The number of benzene rings is 1. The maximum Gasteiger partial charge on any atom is 0.323 e. The van der Waals surface area contributed by atoms with Crippen LogP contribution in [0.1, 0.15) is 37.7 Å². The lowest BCUT2D eigenvalue weighted by Crippen LogP contribution is -2.54. The van der Waals surface area contributed by atoms with Crippen molar-refractivity contribution in [2.24, 2.45) is 11.5 Å². The number of hydrogen-bond acceptors (Lipinski definition) is 6. The number of halogens is 1. The Hall–Kier alpha value is -1.96. The van der Waals surface area contributed by atoms with Crippen LogP contribution >= 0.6 is 11.6 Å². The predicted octanol–water partition coefficient (Wildman–Crippen LogP) is 1.35. The topological polar surface area (TPSA) is 133 Å². The zero-order valence-electron chi connectivity index (χ0n) is 13.6. The van der Waals surface area contributed by atoms with Crippen LogP contribution in [0.25, 0.3) is 0 Å². The molecule has 0 aliphatic heterocycles. The normalized spacial score (nSPS) is 24.6. The third-order valence-electron chi connectivity index (χ3n) is 4.35. The first-order valence-electron chi connectivity index (χ1n) is 8.02. The van der Waals surface area contributed by atoms with Crippen molar-refractivity contribution < 1.29 is 24.2 Å². The van der Waals surface area contributed by atoms with Gasteiger partial charge in [-0.1, -0.05) is 29.8 Å². The molecule has 1 aliphatic rings. The zero-order chi connectivity index (χ0) is 18.6. The van der Waals surface area contributed by atoms with E-state index < -0.39 is 35.4 Å². The van der Waals surface area contributed by atoms with Gasteiger partial charge in [0.1, 0.15) is 11.6 Å². The van der Waals surface area contributed by atoms with E-state index >= 15 is 0 Å². The fraction of sp³-hybridized carbons (Fsp3) is 0.471. The Morgan fingerprint density at radius 2 is 2.08 bits per heavy atom. The Labute approximate surface area is 150 Å². The largest absolute Gasteiger partial charge is 0.481 e. The number of carbonyl (C=O) groups excluding carboxylic acids is 2. The van der Waals surface area contributed by atoms with E-state index in [1.165, 1.54) is 0 Å². The van der Waals surface area contributed by atoms with Gasteiger partial charge in [-0.15, -0.1) is 0 Å². The lowest BCUT2D eigenvalue weighted by molar-refractivity contribution is -0.161. The molecule has 2 rings (SSSR count). The second-order valence-electron chi connectivity index (χ2n) is 6.17. The van der Waals surface area contributed by atoms with Crippen LogP contribution in [0.15, 0.2) is 24.3 Å². The minimum atomic E-state index is -1.33. The Kier molecular flexibility index (Phi) is 6.16. The molecule has 136 valence electrons. The third-order valence-corrected chi connectivity index (χ3v) is 4.68. The summed E-state index contributed by atoms with van der Waals surface area (Å²) in [5, 5.41) is 9.02. The minimum Gasteiger partial charge on any atom is -0.481 e. The average molecular weight is 369 g/mol. The van der Waals surface area contributed by atoms with E-state index in [9.17, 15) is 14.4 Å². The van der Waals surface area contributed by atoms with E-state index in [1.807, 2.05) is 0 Å². The van der Waals surface area contributed by atoms with E-state index in [4.69, 9.17) is 32.9 Å². The standard InChI is InChI=1S/C17H21ClN2O5/c18-11-5-2-1-4-10(11)17(20)9-3-6-13(15(17)23)25-16(24)12(19)7-8-14(21)22/h1-2,4-5,12-13H,3,6-9,19-20H2,(H,21,22)/t12-,13+,17-/m0/s1. The van der Waals surface area contributed by atoms with Crippen LogP contribution in [-0.2, 0) is 24.7 Å². The number of aliphatic carboxylic acids is 1. The molecule has 1 fully saturated rings. The summed E-state index contributed by atoms with van der Waals surface area (Å²) in [5.41, 5.74) is 11.1. The quantitative estimate of drug-likeness (QED) is 0.645. The average Bonchev–Trinajstić information content (AvgIpc) is 2.57. The number of Topliss-reactive ketones (excluding diaryl/α,β-unsaturated/α-hetero) is 1. The first-order chi connectivity index (χ1) is 11.8. The van der Waals surface area contributed by atoms with Crippen LogP contribution in [0.3, 0.4) is 0 Å². The number of carboxylic acids is 1. The van der Waals surface area contributed by atoms with E-state index in [0.717, 1.165) is 0 Å². The first-order valence-corrected chi connectivity index (χ1v) is 8.39. The number of carbonyl (C=O) groups is 3. The molecule has 25 heavy (non-hydrogen) atoms. The molecule has 0 amide bonds. The van der Waals surface area contributed by atoms with E-state index in [0.29, 0.717) is 29.8 Å². The number of ketones is 1. The molecule has 0 unspecified atom stereocenters. The molecular weight excluding hydrogens is 348 g/mol. The van der Waals surface area contributed by atoms with Crippen molar-refractivity contribution in [3.63, 3.8) is 0 Å². The first kappa shape index (κ1) is 19.4. The van der Waals surface area contributed by atoms with Crippen LogP contribution in [0.2, 0.25) is 5.02 Å². The summed E-state index contributed by atoms with van der Waals surface area (Å²) in [7, 11) is 0. The van der Waals surface area contributed by atoms with Gasteiger partial charge in [0.25, 0.3) is 0 Å². The number of nitrogens with two attached hydrogens (primary N) is 2. The number of hydrogen-bond donors (Lipinski definition) is 3. The van der Waals surface area contributed by atoms with Crippen molar-refractivity contribution in [2.45, 2.75) is 49.8 Å². The second-order valence-corrected chi connectivity index (χ2v) is 6.58. The fourth-order valence-electron chi connectivity index (χ4n) is 2.94. The lowest BCUT2D eigenvalue weighted by atomic mass is 9.75. The number of ether oxygens (including phenoxy) is 1. The highest BCUT2D eigenvalue weighted by Crippen LogP contribution is 2.36. The van der Waals surface area contributed by atoms with Crippen LogP contribution in [0, 0.1) is 0 Å². The fourth-order valence-corrected chi connectivity index (χ4v) is 3.24. The van der Waals surface area contributed by atoms with Crippen molar-refractivity contribution in [1.29, 1.82) is 0 Å². The Morgan fingerprint density at radius 3 is 2.72 bits per heavy atom. The molecule has 0 radical (unpaired) electrons. The van der Waals surface area contributed by atoms with Gasteiger partial charge in [-0.05, 0) is 37.3 Å². The van der Waals surface area contributed by atoms with E-state index in [2.05, 4.69) is 0 Å². The van der Waals surface area contributed by atoms with E-state index in [-0.39, 0.29) is 12.8 Å². The Bertz CT molecular complexity index is 681. The van der Waals surface area contributed by atoms with Gasteiger partial charge in [0.15, 0.2) is 11.9 Å². The molecule has 7 nitrogen and oxygen atoms in total. The lowest BCUT2D eigenvalue weighted by Gasteiger charge is -2.37. The van der Waals surface area contributed by atoms with Crippen molar-refractivity contribution in [3.05, 3.63) is 34.9 Å². The molecule has 0 bridgehead atoms. The maximum absolute atomic E-state index is 12.8. The molecule has 1 aliphatic carbocycles. The number of carboxylic acid groups (broad SMARTS) is 1. The third kappa shape index (κ3) is 4.36. The summed E-state index contributed by atoms with van der Waals surface area (Å²) >= 11 is 6.17. The molecule has 0 saturated heterocycles. The van der Waals surface area contributed by atoms with Gasteiger partial charge in [0.2, 0.25) is 0 Å². The van der Waals surface area contributed by atoms with Crippen LogP contribution in [0.5, 0.6) is 0 Å². The molecular formula is C17H21ClN2O5. The van der Waals surface area contributed by atoms with Gasteiger partial charge < -0.3 is 21.3 Å². The molecule has 5 N–H and O–H groups in total. The van der Waals surface area contributed by atoms with Crippen LogP contribution in [0.4, 0.5) is 0 Å². The summed E-state index contributed by atoms with van der Waals surface area (Å²) in [6.07, 6.45) is -0.00865. The summed E-state index contributed by atoms with van der Waals surface area (Å²) in [6, 6.07) is 5.71. The smallest absolute Gasteiger partial charge is 0.323 e. The van der Waals surface area contributed by atoms with Crippen LogP contribution in [-0.4, -0.2) is 35.0 Å². The van der Waals surface area contributed by atoms with Crippen molar-refractivity contribution in [3.8, 4) is 0 Å². The molecule has 0 heterocycles. The molecule has 8 heteroatoms. The van der Waals surface area contributed by atoms with Crippen LogP contribution < -0.4 is 11.5 Å². The zero-order valence-corrected chi connectivity index (χ0v) is 14.4. The Morgan fingerprint density at radius 1 is 1.40 bits per heavy atom. The van der Waals surface area contributed by atoms with Gasteiger partial charge in [-0.3, -0.25) is 14.4 Å². The predicted molar refractivity (Wildman–Crippen MR) is 90.9 cm³/mol. The number of esters is 1. The highest BCUT2D eigenvalue weighted by atomic mass is 35.5. The van der Waals surface area contributed by atoms with Crippen molar-refractivity contribution >= 4 is 29.3 Å². The maximum atomic E-state index is 12.8. The van der Waals surface area contributed by atoms with Gasteiger partial charge in [0, 0.05) is 11.4 Å². The SMILES string of the molecule is N[C@@H](CCC(=O)O)C(=O)O[C@@H]1CCC[C@](N)(c2ccccc2Cl)C1=O. The molecule has 1 aromatic carbocycles. The molecule has 3 atom stereocenters. The molecule has 0 aromatic heterocycles. The summed E-state index contributed by atoms with van der Waals surface area (Å²) < 4.78 is 5.22. The summed E-state index contributed by atoms with van der Waals surface area (Å²) in [4.78, 5) is 35.4. The van der Waals surface area contributed by atoms with Crippen molar-refractivity contribution in [2.75, 3.05) is 0 Å². The highest BCUT2D eigenvalue weighted by molar-refractivity contribution is 6.31. The molecule has 1 saturated carbocycles. The second kappa shape index (κ2) is 7.95. The van der Waals surface area contributed by atoms with Gasteiger partial charge in [-0.2, -0.15) is 0 Å². The molecule has 0 spiro atoms. The van der Waals surface area contributed by atoms with Gasteiger partial charge >= 0.3 is 11.9 Å².